The number of benzene rings is 1. The Morgan fingerprint density at radius 2 is 1.74 bits per heavy atom. The number of hydrogen-bond donors (Lipinski definition) is 3. The summed E-state index contributed by atoms with van der Waals surface area (Å²) in [5.41, 5.74) is 10.9. The normalized spacial score (nSPS) is 15.6. The molecule has 1 saturated carbocycles. The summed E-state index contributed by atoms with van der Waals surface area (Å²) in [6.45, 7) is 0. The first-order valence-corrected chi connectivity index (χ1v) is 9.19. The molecular weight excluding hydrogens is 336 g/mol. The van der Waals surface area contributed by atoms with Crippen LogP contribution >= 0.6 is 0 Å². The molecule has 0 saturated heterocycles. The molecule has 0 radical (unpaired) electrons. The van der Waals surface area contributed by atoms with E-state index in [9.17, 15) is 4.79 Å². The number of nitrogens with one attached hydrogen (secondary N) is 2. The Hall–Kier alpha value is -3.34. The molecule has 27 heavy (non-hydrogen) atoms. The van der Waals surface area contributed by atoms with Gasteiger partial charge >= 0.3 is 0 Å². The summed E-state index contributed by atoms with van der Waals surface area (Å²) in [4.78, 5) is 22.2. The van der Waals surface area contributed by atoms with Gasteiger partial charge in [-0.15, -0.1) is 0 Å². The first-order chi connectivity index (χ1) is 13.2. The summed E-state index contributed by atoms with van der Waals surface area (Å²) in [6.07, 6.45) is 8.92. The van der Waals surface area contributed by atoms with Crippen molar-refractivity contribution in [3.8, 4) is 11.1 Å². The van der Waals surface area contributed by atoms with Crippen molar-refractivity contribution in [3.63, 3.8) is 0 Å². The molecule has 5 rings (SSSR count). The van der Waals surface area contributed by atoms with Crippen molar-refractivity contribution in [2.24, 2.45) is 0 Å². The highest BCUT2D eigenvalue weighted by Crippen LogP contribution is 2.50. The lowest BCUT2D eigenvalue weighted by molar-refractivity contribution is 0.304. The van der Waals surface area contributed by atoms with Gasteiger partial charge in [0.2, 0.25) is 0 Å². The fourth-order valence-electron chi connectivity index (χ4n) is 4.27. The molecule has 1 aliphatic carbocycles. The van der Waals surface area contributed by atoms with E-state index in [2.05, 4.69) is 39.2 Å². The zero-order chi connectivity index (χ0) is 18.4. The molecule has 0 bridgehead atoms. The third kappa shape index (κ3) is 2.39. The van der Waals surface area contributed by atoms with Crippen LogP contribution in [0.3, 0.4) is 0 Å². The minimum Gasteiger partial charge on any atom is -0.384 e. The number of aromatic nitrogens is 3. The maximum Gasteiger partial charge on any atom is 0.272 e. The van der Waals surface area contributed by atoms with Crippen LogP contribution in [0.2, 0.25) is 0 Å². The Balaban J connectivity index is 1.58. The van der Waals surface area contributed by atoms with Crippen LogP contribution in [0, 0.1) is 0 Å². The van der Waals surface area contributed by atoms with Gasteiger partial charge in [0.15, 0.2) is 0 Å². The Bertz CT molecular complexity index is 1170. The van der Waals surface area contributed by atoms with Gasteiger partial charge in [-0.1, -0.05) is 30.7 Å². The highest BCUT2D eigenvalue weighted by atomic mass is 16.1. The van der Waals surface area contributed by atoms with Crippen molar-refractivity contribution in [3.05, 3.63) is 82.5 Å². The van der Waals surface area contributed by atoms with E-state index < -0.39 is 0 Å². The van der Waals surface area contributed by atoms with Crippen molar-refractivity contribution in [2.75, 3.05) is 5.73 Å². The van der Waals surface area contributed by atoms with Crippen LogP contribution in [0.25, 0.3) is 22.0 Å². The van der Waals surface area contributed by atoms with Crippen LogP contribution in [-0.4, -0.2) is 15.0 Å². The molecule has 1 aliphatic rings. The number of nitrogens with zero attached hydrogens (tertiary/aromatic N) is 1. The number of nitrogens with two attached hydrogens (primary N) is 1. The van der Waals surface area contributed by atoms with E-state index >= 15 is 0 Å². The quantitative estimate of drug-likeness (QED) is 0.519. The molecule has 1 aromatic carbocycles. The first-order valence-electron chi connectivity index (χ1n) is 9.19. The third-order valence-electron chi connectivity index (χ3n) is 5.89. The molecular formula is C22H20N4O. The summed E-state index contributed by atoms with van der Waals surface area (Å²) in [5, 5.41) is 1.02. The minimum atomic E-state index is -0.0700. The van der Waals surface area contributed by atoms with Gasteiger partial charge < -0.3 is 15.7 Å². The molecule has 0 aliphatic heterocycles. The monoisotopic (exact) mass is 356 g/mol. The van der Waals surface area contributed by atoms with Crippen LogP contribution in [-0.2, 0) is 5.41 Å². The topological polar surface area (TPSA) is 87.6 Å². The lowest BCUT2D eigenvalue weighted by Gasteiger charge is -2.42. The van der Waals surface area contributed by atoms with Crippen LogP contribution in [0.1, 0.15) is 30.4 Å². The fourth-order valence-corrected chi connectivity index (χ4v) is 4.27. The maximum atomic E-state index is 12.1. The van der Waals surface area contributed by atoms with E-state index in [4.69, 9.17) is 5.73 Å². The second-order valence-corrected chi connectivity index (χ2v) is 7.28. The average Bonchev–Trinajstić information content (AvgIpc) is 3.08. The van der Waals surface area contributed by atoms with Crippen LogP contribution in [0.4, 0.5) is 5.82 Å². The molecule has 0 atom stereocenters. The van der Waals surface area contributed by atoms with Gasteiger partial charge in [-0.05, 0) is 47.7 Å². The molecule has 4 aromatic rings. The summed E-state index contributed by atoms with van der Waals surface area (Å²) >= 11 is 0. The van der Waals surface area contributed by atoms with Crippen LogP contribution in [0.5, 0.6) is 0 Å². The second-order valence-electron chi connectivity index (χ2n) is 7.28. The van der Waals surface area contributed by atoms with Gasteiger partial charge in [0, 0.05) is 35.0 Å². The molecule has 4 N–H and O–H groups in total. The molecule has 3 heterocycles. The van der Waals surface area contributed by atoms with Crippen molar-refractivity contribution < 1.29 is 0 Å². The molecule has 0 amide bonds. The highest BCUT2D eigenvalue weighted by molar-refractivity contribution is 5.84. The maximum absolute atomic E-state index is 12.1. The van der Waals surface area contributed by atoms with Gasteiger partial charge in [-0.25, -0.2) is 4.98 Å². The molecule has 1 fully saturated rings. The summed E-state index contributed by atoms with van der Waals surface area (Å²) in [6, 6.07) is 14.5. The van der Waals surface area contributed by atoms with E-state index in [-0.39, 0.29) is 11.0 Å². The van der Waals surface area contributed by atoms with E-state index in [0.29, 0.717) is 11.3 Å². The Labute approximate surface area is 156 Å². The Morgan fingerprint density at radius 1 is 0.963 bits per heavy atom. The predicted octanol–water partition coefficient (Wildman–Crippen LogP) is 3.97. The first kappa shape index (κ1) is 15.9. The van der Waals surface area contributed by atoms with Gasteiger partial charge in [0.25, 0.3) is 5.56 Å². The van der Waals surface area contributed by atoms with E-state index in [0.717, 1.165) is 29.4 Å². The Morgan fingerprint density at radius 3 is 2.41 bits per heavy atom. The lowest BCUT2D eigenvalue weighted by atomic mass is 9.60. The number of hydrogen-bond acceptors (Lipinski definition) is 3. The average molecular weight is 356 g/mol. The molecule has 134 valence electrons. The fraction of sp³-hybridized carbons (Fsp3) is 0.182. The van der Waals surface area contributed by atoms with Crippen molar-refractivity contribution >= 4 is 16.7 Å². The van der Waals surface area contributed by atoms with E-state index in [1.807, 2.05) is 24.4 Å². The van der Waals surface area contributed by atoms with Crippen LogP contribution in [0.15, 0.2) is 65.8 Å². The lowest BCUT2D eigenvalue weighted by Crippen LogP contribution is -2.35. The standard InChI is InChI=1S/C22H20N4O/c23-19-7-4-15(12-25-19)14-2-5-16(6-3-14)22(9-1-10-22)18-13-26-20-17(18)8-11-24-21(20)27/h2-8,11-13,26H,1,9-10H2,(H2,23,25)(H,24,27). The SMILES string of the molecule is Nc1ccc(-c2ccc(C3(c4c[nH]c5c(=O)[nH]ccc45)CCC3)cc2)cn1. The van der Waals surface area contributed by atoms with Gasteiger partial charge in [-0.3, -0.25) is 4.79 Å². The molecule has 5 nitrogen and oxygen atoms in total. The smallest absolute Gasteiger partial charge is 0.272 e. The number of nitrogen functional groups attached to an aromatic ring is 1. The number of pyridine rings is 2. The Kier molecular flexibility index (Phi) is 3.44. The van der Waals surface area contributed by atoms with Gasteiger partial charge in [-0.2, -0.15) is 0 Å². The summed E-state index contributed by atoms with van der Waals surface area (Å²) in [7, 11) is 0. The van der Waals surface area contributed by atoms with Gasteiger partial charge in [0.1, 0.15) is 11.3 Å². The predicted molar refractivity (Wildman–Crippen MR) is 108 cm³/mol. The molecule has 0 unspecified atom stereocenters. The summed E-state index contributed by atoms with van der Waals surface area (Å²) in [5.74, 6) is 0.526. The zero-order valence-corrected chi connectivity index (χ0v) is 14.8. The second kappa shape index (κ2) is 5.84. The van der Waals surface area contributed by atoms with Crippen LogP contribution < -0.4 is 11.3 Å². The molecule has 0 spiro atoms. The summed E-state index contributed by atoms with van der Waals surface area (Å²) < 4.78 is 0. The molecule has 5 heteroatoms. The number of fused-ring (bicyclic) bond motifs is 1. The van der Waals surface area contributed by atoms with Crippen molar-refractivity contribution in [1.29, 1.82) is 0 Å². The highest BCUT2D eigenvalue weighted by Gasteiger charge is 2.42. The van der Waals surface area contributed by atoms with Crippen molar-refractivity contribution in [1.82, 2.24) is 15.0 Å². The molecule has 3 aromatic heterocycles. The third-order valence-corrected chi connectivity index (χ3v) is 5.89. The van der Waals surface area contributed by atoms with E-state index in [1.54, 1.807) is 12.4 Å². The zero-order valence-electron chi connectivity index (χ0n) is 14.8. The number of H-pyrrole nitrogens is 2. The van der Waals surface area contributed by atoms with Crippen molar-refractivity contribution in [2.45, 2.75) is 24.7 Å². The number of aromatic amines is 2. The van der Waals surface area contributed by atoms with Gasteiger partial charge in [0.05, 0.1) is 0 Å². The van der Waals surface area contributed by atoms with E-state index in [1.165, 1.54) is 17.5 Å². The minimum absolute atomic E-state index is 0.0239. The largest absolute Gasteiger partial charge is 0.384 e. The number of anilines is 1. The number of rotatable bonds is 3.